The number of hydrogen-bond donors (Lipinski definition) is 2. The van der Waals surface area contributed by atoms with Crippen LogP contribution >= 0.6 is 0 Å². The first kappa shape index (κ1) is 15.1. The van der Waals surface area contributed by atoms with Crippen molar-refractivity contribution < 1.29 is 23.5 Å². The van der Waals surface area contributed by atoms with Gasteiger partial charge in [-0.25, -0.2) is 8.78 Å². The molecule has 0 aliphatic carbocycles. The SMILES string of the molecule is CC(C(=O)O)C(C)C(=O)NCc1ccc(F)c(F)c1. The quantitative estimate of drug-likeness (QED) is 0.860. The van der Waals surface area contributed by atoms with Crippen molar-refractivity contribution in [2.24, 2.45) is 11.8 Å². The molecule has 1 aromatic carbocycles. The highest BCUT2D eigenvalue weighted by Gasteiger charge is 2.25. The van der Waals surface area contributed by atoms with E-state index in [1.54, 1.807) is 0 Å². The Morgan fingerprint density at radius 2 is 1.84 bits per heavy atom. The first-order valence-corrected chi connectivity index (χ1v) is 5.77. The van der Waals surface area contributed by atoms with Crippen LogP contribution in [0.1, 0.15) is 19.4 Å². The van der Waals surface area contributed by atoms with Crippen molar-refractivity contribution in [3.63, 3.8) is 0 Å². The number of carbonyl (C=O) groups is 2. The second-order valence-electron chi connectivity index (χ2n) is 4.38. The van der Waals surface area contributed by atoms with E-state index in [0.717, 1.165) is 12.1 Å². The molecule has 2 unspecified atom stereocenters. The normalized spacial score (nSPS) is 13.7. The predicted molar refractivity (Wildman–Crippen MR) is 64.2 cm³/mol. The zero-order valence-corrected chi connectivity index (χ0v) is 10.6. The van der Waals surface area contributed by atoms with Crippen LogP contribution in [0, 0.1) is 23.5 Å². The number of carbonyl (C=O) groups excluding carboxylic acids is 1. The van der Waals surface area contributed by atoms with Crippen molar-refractivity contribution in [3.8, 4) is 0 Å². The highest BCUT2D eigenvalue weighted by molar-refractivity contribution is 5.84. The van der Waals surface area contributed by atoms with E-state index in [0.29, 0.717) is 5.56 Å². The zero-order valence-electron chi connectivity index (χ0n) is 10.6. The van der Waals surface area contributed by atoms with E-state index in [9.17, 15) is 18.4 Å². The lowest BCUT2D eigenvalue weighted by Gasteiger charge is -2.15. The second kappa shape index (κ2) is 6.26. The number of amides is 1. The molecule has 0 spiro atoms. The molecule has 19 heavy (non-hydrogen) atoms. The van der Waals surface area contributed by atoms with E-state index in [-0.39, 0.29) is 6.54 Å². The fraction of sp³-hybridized carbons (Fsp3) is 0.385. The zero-order chi connectivity index (χ0) is 14.6. The van der Waals surface area contributed by atoms with Crippen molar-refractivity contribution >= 4 is 11.9 Å². The Kier molecular flexibility index (Phi) is 4.97. The van der Waals surface area contributed by atoms with Gasteiger partial charge in [-0.1, -0.05) is 19.9 Å². The summed E-state index contributed by atoms with van der Waals surface area (Å²) in [5.74, 6) is -4.97. The summed E-state index contributed by atoms with van der Waals surface area (Å²) in [6.45, 7) is 2.95. The Bertz CT molecular complexity index is 491. The molecule has 0 heterocycles. The molecule has 0 aliphatic rings. The summed E-state index contributed by atoms with van der Waals surface area (Å²) in [5, 5.41) is 11.3. The minimum atomic E-state index is -1.06. The molecule has 2 N–H and O–H groups in total. The molecule has 0 saturated carbocycles. The summed E-state index contributed by atoms with van der Waals surface area (Å²) in [6, 6.07) is 3.31. The summed E-state index contributed by atoms with van der Waals surface area (Å²) < 4.78 is 25.6. The van der Waals surface area contributed by atoms with E-state index in [2.05, 4.69) is 5.32 Å². The van der Waals surface area contributed by atoms with E-state index in [1.807, 2.05) is 0 Å². The van der Waals surface area contributed by atoms with Crippen molar-refractivity contribution in [1.29, 1.82) is 0 Å². The van der Waals surface area contributed by atoms with Crippen LogP contribution in [0.3, 0.4) is 0 Å². The minimum Gasteiger partial charge on any atom is -0.481 e. The van der Waals surface area contributed by atoms with Crippen molar-refractivity contribution in [2.45, 2.75) is 20.4 Å². The van der Waals surface area contributed by atoms with Gasteiger partial charge in [-0.2, -0.15) is 0 Å². The number of aliphatic carboxylic acids is 1. The van der Waals surface area contributed by atoms with Gasteiger partial charge in [0.25, 0.3) is 0 Å². The maximum atomic E-state index is 12.9. The molecule has 1 rings (SSSR count). The number of nitrogens with one attached hydrogen (secondary N) is 1. The standard InChI is InChI=1S/C13H15F2NO3/c1-7(8(2)13(18)19)12(17)16-6-9-3-4-10(14)11(15)5-9/h3-5,7-8H,6H2,1-2H3,(H,16,17)(H,18,19). The van der Waals surface area contributed by atoms with Crippen LogP contribution in [-0.4, -0.2) is 17.0 Å². The van der Waals surface area contributed by atoms with Crippen LogP contribution in [-0.2, 0) is 16.1 Å². The highest BCUT2D eigenvalue weighted by atomic mass is 19.2. The number of benzene rings is 1. The van der Waals surface area contributed by atoms with Crippen LogP contribution in [0.4, 0.5) is 8.78 Å². The van der Waals surface area contributed by atoms with Gasteiger partial charge in [0.2, 0.25) is 5.91 Å². The Balaban J connectivity index is 2.59. The Morgan fingerprint density at radius 3 is 2.37 bits per heavy atom. The third-order valence-corrected chi connectivity index (χ3v) is 3.00. The molecule has 0 fully saturated rings. The molecular formula is C13H15F2NO3. The van der Waals surface area contributed by atoms with Crippen molar-refractivity contribution in [1.82, 2.24) is 5.32 Å². The third-order valence-electron chi connectivity index (χ3n) is 3.00. The summed E-state index contributed by atoms with van der Waals surface area (Å²) in [4.78, 5) is 22.4. The molecule has 6 heteroatoms. The molecule has 2 atom stereocenters. The van der Waals surface area contributed by atoms with E-state index in [4.69, 9.17) is 5.11 Å². The van der Waals surface area contributed by atoms with Gasteiger partial charge in [0.05, 0.1) is 5.92 Å². The van der Waals surface area contributed by atoms with Gasteiger partial charge in [0, 0.05) is 12.5 Å². The van der Waals surface area contributed by atoms with Crippen LogP contribution in [0.15, 0.2) is 18.2 Å². The lowest BCUT2D eigenvalue weighted by molar-refractivity contribution is -0.146. The Hall–Kier alpha value is -1.98. The maximum Gasteiger partial charge on any atom is 0.307 e. The Labute approximate surface area is 109 Å². The molecule has 1 amide bonds. The van der Waals surface area contributed by atoms with Gasteiger partial charge >= 0.3 is 5.97 Å². The van der Waals surface area contributed by atoms with Crippen LogP contribution < -0.4 is 5.32 Å². The Morgan fingerprint density at radius 1 is 1.21 bits per heavy atom. The monoisotopic (exact) mass is 271 g/mol. The van der Waals surface area contributed by atoms with Crippen LogP contribution in [0.5, 0.6) is 0 Å². The average molecular weight is 271 g/mol. The van der Waals surface area contributed by atoms with Crippen molar-refractivity contribution in [2.75, 3.05) is 0 Å². The first-order valence-electron chi connectivity index (χ1n) is 5.77. The number of carboxylic acids is 1. The van der Waals surface area contributed by atoms with Crippen LogP contribution in [0.25, 0.3) is 0 Å². The van der Waals surface area contributed by atoms with E-state index >= 15 is 0 Å². The number of carboxylic acid groups (broad SMARTS) is 1. The number of rotatable bonds is 5. The van der Waals surface area contributed by atoms with E-state index < -0.39 is 35.3 Å². The van der Waals surface area contributed by atoms with Gasteiger partial charge in [0.15, 0.2) is 11.6 Å². The third kappa shape index (κ3) is 4.01. The predicted octanol–water partition coefficient (Wildman–Crippen LogP) is 1.94. The summed E-state index contributed by atoms with van der Waals surface area (Å²) in [5.41, 5.74) is 0.405. The van der Waals surface area contributed by atoms with Gasteiger partial charge in [-0.3, -0.25) is 9.59 Å². The van der Waals surface area contributed by atoms with Crippen molar-refractivity contribution in [3.05, 3.63) is 35.4 Å². The molecule has 0 aromatic heterocycles. The molecule has 0 aliphatic heterocycles. The lowest BCUT2D eigenvalue weighted by Crippen LogP contribution is -2.34. The minimum absolute atomic E-state index is 0.0205. The lowest BCUT2D eigenvalue weighted by atomic mass is 9.95. The molecule has 0 radical (unpaired) electrons. The topological polar surface area (TPSA) is 66.4 Å². The van der Waals surface area contributed by atoms with Gasteiger partial charge < -0.3 is 10.4 Å². The fourth-order valence-electron chi connectivity index (χ4n) is 1.44. The smallest absolute Gasteiger partial charge is 0.307 e. The number of halogens is 2. The summed E-state index contributed by atoms with van der Waals surface area (Å²) in [7, 11) is 0. The molecule has 104 valence electrons. The summed E-state index contributed by atoms with van der Waals surface area (Å²) >= 11 is 0. The van der Waals surface area contributed by atoms with Crippen LogP contribution in [0.2, 0.25) is 0 Å². The number of hydrogen-bond acceptors (Lipinski definition) is 2. The first-order chi connectivity index (χ1) is 8.82. The van der Waals surface area contributed by atoms with E-state index in [1.165, 1.54) is 19.9 Å². The molecule has 0 bridgehead atoms. The van der Waals surface area contributed by atoms with Gasteiger partial charge in [-0.05, 0) is 17.7 Å². The fourth-order valence-corrected chi connectivity index (χ4v) is 1.44. The van der Waals surface area contributed by atoms with Gasteiger partial charge in [0.1, 0.15) is 0 Å². The van der Waals surface area contributed by atoms with Gasteiger partial charge in [-0.15, -0.1) is 0 Å². The molecule has 1 aromatic rings. The second-order valence-corrected chi connectivity index (χ2v) is 4.38. The largest absolute Gasteiger partial charge is 0.481 e. The summed E-state index contributed by atoms with van der Waals surface area (Å²) in [6.07, 6.45) is 0. The molecule has 0 saturated heterocycles. The molecular weight excluding hydrogens is 256 g/mol. The molecule has 4 nitrogen and oxygen atoms in total. The maximum absolute atomic E-state index is 12.9. The average Bonchev–Trinajstić information content (AvgIpc) is 2.37. The highest BCUT2D eigenvalue weighted by Crippen LogP contribution is 2.12.